The minimum atomic E-state index is 0.648. The van der Waals surface area contributed by atoms with Gasteiger partial charge >= 0.3 is 0 Å². The van der Waals surface area contributed by atoms with Crippen molar-refractivity contribution < 1.29 is 0 Å². The summed E-state index contributed by atoms with van der Waals surface area (Å²) in [6.07, 6.45) is 12.8. The molecule has 0 radical (unpaired) electrons. The van der Waals surface area contributed by atoms with Gasteiger partial charge in [-0.15, -0.1) is 0 Å². The van der Waals surface area contributed by atoms with Crippen molar-refractivity contribution in [3.8, 4) is 0 Å². The van der Waals surface area contributed by atoms with Gasteiger partial charge < -0.3 is 14.9 Å². The zero-order valence-corrected chi connectivity index (χ0v) is 18.4. The average Bonchev–Trinajstić information content (AvgIpc) is 3.48. The van der Waals surface area contributed by atoms with Crippen LogP contribution in [0.3, 0.4) is 0 Å². The Morgan fingerprint density at radius 3 is 2.87 bits per heavy atom. The highest BCUT2D eigenvalue weighted by atomic mass is 15.4. The number of hydrazine groups is 1. The summed E-state index contributed by atoms with van der Waals surface area (Å²) < 4.78 is 2.36. The van der Waals surface area contributed by atoms with Gasteiger partial charge in [-0.3, -0.25) is 10.9 Å². The average molecular weight is 418 g/mol. The number of nitrogens with one attached hydrogen (secondary N) is 4. The second-order valence-electron chi connectivity index (χ2n) is 10.1. The number of rotatable bonds is 7. The number of benzene rings is 1. The van der Waals surface area contributed by atoms with E-state index in [0.717, 1.165) is 38.0 Å². The van der Waals surface area contributed by atoms with Gasteiger partial charge in [-0.25, -0.2) is 0 Å². The van der Waals surface area contributed by atoms with E-state index in [1.165, 1.54) is 66.2 Å². The lowest BCUT2D eigenvalue weighted by atomic mass is 9.74. The molecule has 2 aliphatic carbocycles. The van der Waals surface area contributed by atoms with Gasteiger partial charge in [0.25, 0.3) is 0 Å². The van der Waals surface area contributed by atoms with Crippen LogP contribution in [0, 0.1) is 11.8 Å². The van der Waals surface area contributed by atoms with Gasteiger partial charge in [0, 0.05) is 49.3 Å². The number of aromatic nitrogens is 2. The number of nitrogens with zero attached hydrogens (tertiary/aromatic N) is 1. The molecule has 4 N–H and O–H groups in total. The van der Waals surface area contributed by atoms with Crippen molar-refractivity contribution in [2.24, 2.45) is 11.8 Å². The number of aromatic amines is 1. The number of hydrogen-bond donors (Lipinski definition) is 4. The van der Waals surface area contributed by atoms with Gasteiger partial charge in [0.15, 0.2) is 0 Å². The Labute approximate surface area is 185 Å². The van der Waals surface area contributed by atoms with Crippen LogP contribution in [0.5, 0.6) is 0 Å². The van der Waals surface area contributed by atoms with Crippen LogP contribution >= 0.6 is 0 Å². The molecule has 5 nitrogen and oxygen atoms in total. The zero-order chi connectivity index (χ0) is 20.6. The lowest BCUT2D eigenvalue weighted by molar-refractivity contribution is 0.291. The van der Waals surface area contributed by atoms with Crippen LogP contribution in [0.25, 0.3) is 10.9 Å². The van der Waals surface area contributed by atoms with Crippen molar-refractivity contribution >= 4 is 10.9 Å². The minimum absolute atomic E-state index is 0.648. The van der Waals surface area contributed by atoms with E-state index < -0.39 is 0 Å². The van der Waals surface area contributed by atoms with Gasteiger partial charge in [-0.2, -0.15) is 0 Å². The minimum Gasteiger partial charge on any atom is -0.357 e. The quantitative estimate of drug-likeness (QED) is 0.464. The van der Waals surface area contributed by atoms with Gasteiger partial charge in [0.1, 0.15) is 0 Å². The lowest BCUT2D eigenvalue weighted by Crippen LogP contribution is -2.35. The molecule has 2 aromatic heterocycles. The Kier molecular flexibility index (Phi) is 5.34. The van der Waals surface area contributed by atoms with Gasteiger partial charge in [0.05, 0.1) is 0 Å². The van der Waals surface area contributed by atoms with E-state index in [-0.39, 0.29) is 0 Å². The van der Waals surface area contributed by atoms with Crippen LogP contribution in [-0.4, -0.2) is 28.7 Å². The molecular weight excluding hydrogens is 382 g/mol. The molecular formula is C26H35N5. The van der Waals surface area contributed by atoms with Crippen LogP contribution in [0.15, 0.2) is 42.7 Å². The molecule has 1 saturated heterocycles. The summed E-state index contributed by atoms with van der Waals surface area (Å²) in [7, 11) is 0. The number of fused-ring (bicyclic) bond motifs is 2. The highest BCUT2D eigenvalue weighted by molar-refractivity contribution is 5.81. The molecule has 2 saturated carbocycles. The lowest BCUT2D eigenvalue weighted by Gasteiger charge is -2.32. The van der Waals surface area contributed by atoms with E-state index in [0.29, 0.717) is 12.0 Å². The fourth-order valence-electron chi connectivity index (χ4n) is 5.98. The molecule has 31 heavy (non-hydrogen) atoms. The van der Waals surface area contributed by atoms with Crippen molar-refractivity contribution in [1.29, 1.82) is 0 Å². The van der Waals surface area contributed by atoms with Crippen molar-refractivity contribution in [3.05, 3.63) is 59.5 Å². The third-order valence-electron chi connectivity index (χ3n) is 7.97. The molecule has 3 aromatic rings. The molecule has 0 bridgehead atoms. The molecule has 164 valence electrons. The van der Waals surface area contributed by atoms with Crippen LogP contribution < -0.4 is 16.2 Å². The van der Waals surface area contributed by atoms with Crippen LogP contribution in [0.1, 0.15) is 61.3 Å². The molecule has 0 amide bonds. The Morgan fingerprint density at radius 2 is 1.97 bits per heavy atom. The molecule has 3 unspecified atom stereocenters. The van der Waals surface area contributed by atoms with E-state index >= 15 is 0 Å². The standard InChI is InChI=1S/C26H35N5/c1-3-18(4-1)13-27-14-22-12-20-8-7-19(11-26(20)29-22)16-31-10-9-21(17-31)23-5-2-6-25-24(23)15-28-30-25/h7-12,17-18,23-25,27-30H,1-6,13-16H2. The van der Waals surface area contributed by atoms with Gasteiger partial charge in [-0.1, -0.05) is 25.0 Å². The second kappa shape index (κ2) is 8.45. The van der Waals surface area contributed by atoms with E-state index in [4.69, 9.17) is 0 Å². The maximum Gasteiger partial charge on any atom is 0.0471 e. The monoisotopic (exact) mass is 417 g/mol. The highest BCUT2D eigenvalue weighted by Gasteiger charge is 2.37. The van der Waals surface area contributed by atoms with E-state index in [1.54, 1.807) is 0 Å². The first-order valence-electron chi connectivity index (χ1n) is 12.3. The Morgan fingerprint density at radius 1 is 1.03 bits per heavy atom. The molecule has 6 rings (SSSR count). The van der Waals surface area contributed by atoms with Crippen molar-refractivity contribution in [2.45, 2.75) is 63.6 Å². The Balaban J connectivity index is 1.11. The maximum atomic E-state index is 3.63. The summed E-state index contributed by atoms with van der Waals surface area (Å²) in [5, 5.41) is 4.94. The number of H-pyrrole nitrogens is 1. The molecule has 3 fully saturated rings. The summed E-state index contributed by atoms with van der Waals surface area (Å²) in [5.74, 6) is 2.32. The maximum absolute atomic E-state index is 3.63. The summed E-state index contributed by atoms with van der Waals surface area (Å²) in [6, 6.07) is 12.2. The third-order valence-corrected chi connectivity index (χ3v) is 7.97. The summed E-state index contributed by atoms with van der Waals surface area (Å²) in [4.78, 5) is 3.63. The van der Waals surface area contributed by atoms with Crippen molar-refractivity contribution in [3.63, 3.8) is 0 Å². The van der Waals surface area contributed by atoms with E-state index in [9.17, 15) is 0 Å². The molecule has 1 aromatic carbocycles. The largest absolute Gasteiger partial charge is 0.357 e. The van der Waals surface area contributed by atoms with Crippen molar-refractivity contribution in [2.75, 3.05) is 13.1 Å². The predicted octanol–water partition coefficient (Wildman–Crippen LogP) is 4.27. The van der Waals surface area contributed by atoms with Gasteiger partial charge in [-0.05, 0) is 84.7 Å². The van der Waals surface area contributed by atoms with Crippen LogP contribution in [0.4, 0.5) is 0 Å². The zero-order valence-electron chi connectivity index (χ0n) is 18.4. The SMILES string of the molecule is c1cc2cc(CNCC3CCC3)[nH]c2cc1Cn1ccc(C2CCCC3NNCC32)c1. The number of hydrogen-bond acceptors (Lipinski definition) is 3. The fraction of sp³-hybridized carbons (Fsp3) is 0.538. The first-order chi connectivity index (χ1) is 15.3. The van der Waals surface area contributed by atoms with Crippen LogP contribution in [-0.2, 0) is 13.1 Å². The summed E-state index contributed by atoms with van der Waals surface area (Å²) in [6.45, 7) is 4.13. The summed E-state index contributed by atoms with van der Waals surface area (Å²) >= 11 is 0. The normalized spacial score (nSPS) is 26.3. The molecule has 3 atom stereocenters. The van der Waals surface area contributed by atoms with Crippen LogP contribution in [0.2, 0.25) is 0 Å². The topological polar surface area (TPSA) is 56.8 Å². The first-order valence-corrected chi connectivity index (χ1v) is 12.3. The second-order valence-corrected chi connectivity index (χ2v) is 10.1. The highest BCUT2D eigenvalue weighted by Crippen LogP contribution is 2.39. The molecule has 3 aliphatic rings. The third kappa shape index (κ3) is 4.07. The first kappa shape index (κ1) is 19.6. The van der Waals surface area contributed by atoms with Gasteiger partial charge in [0.2, 0.25) is 0 Å². The molecule has 3 heterocycles. The van der Waals surface area contributed by atoms with E-state index in [1.807, 2.05) is 0 Å². The molecule has 5 heteroatoms. The molecule has 0 spiro atoms. The van der Waals surface area contributed by atoms with Crippen molar-refractivity contribution in [1.82, 2.24) is 25.7 Å². The fourth-order valence-corrected chi connectivity index (χ4v) is 5.98. The Hall–Kier alpha value is -2.08. The van der Waals surface area contributed by atoms with E-state index in [2.05, 4.69) is 68.4 Å². The molecule has 1 aliphatic heterocycles. The smallest absolute Gasteiger partial charge is 0.0471 e. The predicted molar refractivity (Wildman–Crippen MR) is 126 cm³/mol. The Bertz CT molecular complexity index is 1030. The summed E-state index contributed by atoms with van der Waals surface area (Å²) in [5.41, 5.74) is 12.3.